The minimum Gasteiger partial charge on any atom is -0.463 e. The molecule has 148 valence electrons. The van der Waals surface area contributed by atoms with E-state index in [2.05, 4.69) is 56.8 Å². The first-order valence-electron chi connectivity index (χ1n) is 10.1. The molecule has 5 heteroatoms. The second kappa shape index (κ2) is 9.16. The number of hydrogen-bond acceptors (Lipinski definition) is 4. The minimum absolute atomic E-state index is 0.000647. The summed E-state index contributed by atoms with van der Waals surface area (Å²) in [5, 5.41) is 4.36. The average Bonchev–Trinajstić information content (AvgIpc) is 3.06. The third-order valence-electron chi connectivity index (χ3n) is 4.83. The molecular weight excluding hydrogens is 338 g/mol. The Labute approximate surface area is 163 Å². The summed E-state index contributed by atoms with van der Waals surface area (Å²) in [5.41, 5.74) is 2.19. The maximum Gasteiger partial charge on any atom is 0.336 e. The maximum atomic E-state index is 13.1. The maximum absolute atomic E-state index is 13.1. The first-order valence-corrected chi connectivity index (χ1v) is 10.1. The Balaban J connectivity index is 2.42. The Hall–Kier alpha value is -2.17. The van der Waals surface area contributed by atoms with Gasteiger partial charge in [-0.3, -0.25) is 4.79 Å². The van der Waals surface area contributed by atoms with Crippen LogP contribution in [-0.2, 0) is 5.41 Å². The molecule has 0 aliphatic rings. The van der Waals surface area contributed by atoms with Gasteiger partial charge in [0.1, 0.15) is 0 Å². The summed E-state index contributed by atoms with van der Waals surface area (Å²) in [6, 6.07) is 8.46. The van der Waals surface area contributed by atoms with Gasteiger partial charge in [-0.1, -0.05) is 71.7 Å². The first kappa shape index (κ1) is 21.1. The van der Waals surface area contributed by atoms with E-state index in [-0.39, 0.29) is 23.3 Å². The molecule has 0 amide bonds. The van der Waals surface area contributed by atoms with Crippen LogP contribution in [0.5, 0.6) is 6.01 Å². The first-order chi connectivity index (χ1) is 12.8. The molecule has 1 unspecified atom stereocenters. The van der Waals surface area contributed by atoms with E-state index in [9.17, 15) is 4.79 Å². The van der Waals surface area contributed by atoms with Crippen LogP contribution in [0.2, 0.25) is 0 Å². The van der Waals surface area contributed by atoms with Crippen LogP contribution in [0.1, 0.15) is 77.6 Å². The molecule has 0 radical (unpaired) electrons. The van der Waals surface area contributed by atoms with Gasteiger partial charge in [-0.05, 0) is 30.7 Å². The number of benzene rings is 1. The zero-order valence-electron chi connectivity index (χ0n) is 17.6. The van der Waals surface area contributed by atoms with Crippen LogP contribution in [-0.4, -0.2) is 27.3 Å². The molecule has 1 heterocycles. The van der Waals surface area contributed by atoms with Gasteiger partial charge in [0.05, 0.1) is 6.61 Å². The summed E-state index contributed by atoms with van der Waals surface area (Å²) in [7, 11) is 0. The van der Waals surface area contributed by atoms with E-state index in [4.69, 9.17) is 4.74 Å². The Morgan fingerprint density at radius 3 is 2.33 bits per heavy atom. The summed E-state index contributed by atoms with van der Waals surface area (Å²) in [6.45, 7) is 13.1. The molecule has 2 aromatic rings. The van der Waals surface area contributed by atoms with Crippen molar-refractivity contribution in [2.24, 2.45) is 5.92 Å². The highest BCUT2D eigenvalue weighted by molar-refractivity contribution is 5.84. The van der Waals surface area contributed by atoms with Crippen LogP contribution in [0.25, 0.3) is 11.4 Å². The minimum atomic E-state index is -0.0475. The summed E-state index contributed by atoms with van der Waals surface area (Å²) in [6.07, 6.45) is 3.78. The molecule has 2 rings (SSSR count). The molecule has 0 bridgehead atoms. The number of nitrogens with zero attached hydrogens (tertiary/aromatic N) is 3. The molecule has 27 heavy (non-hydrogen) atoms. The fraction of sp³-hybridized carbons (Fsp3) is 0.591. The van der Waals surface area contributed by atoms with Gasteiger partial charge >= 0.3 is 6.01 Å². The van der Waals surface area contributed by atoms with Crippen molar-refractivity contribution in [3.05, 3.63) is 29.8 Å². The third-order valence-corrected chi connectivity index (χ3v) is 4.83. The highest BCUT2D eigenvalue weighted by atomic mass is 16.5. The van der Waals surface area contributed by atoms with Crippen molar-refractivity contribution in [1.82, 2.24) is 14.8 Å². The molecule has 0 N–H and O–H groups in total. The van der Waals surface area contributed by atoms with E-state index in [0.717, 1.165) is 31.2 Å². The quantitative estimate of drug-likeness (QED) is 0.615. The zero-order chi connectivity index (χ0) is 20.0. The van der Waals surface area contributed by atoms with Gasteiger partial charge < -0.3 is 4.74 Å². The lowest BCUT2D eigenvalue weighted by Gasteiger charge is -2.19. The zero-order valence-corrected chi connectivity index (χ0v) is 17.6. The molecule has 0 saturated heterocycles. The van der Waals surface area contributed by atoms with E-state index in [0.29, 0.717) is 12.4 Å². The lowest BCUT2D eigenvalue weighted by atomic mass is 9.86. The standard InChI is InChI=1S/C22H33N3O2/c1-7-10-11-16(8-2)20(26)25-19(23-21(24-25)27-9-3)17-12-14-18(15-13-17)22(4,5)6/h12-16H,7-11H2,1-6H3. The Morgan fingerprint density at radius 2 is 1.81 bits per heavy atom. The van der Waals surface area contributed by atoms with E-state index in [1.165, 1.54) is 10.2 Å². The van der Waals surface area contributed by atoms with Crippen LogP contribution in [0, 0.1) is 5.92 Å². The van der Waals surface area contributed by atoms with Gasteiger partial charge in [0, 0.05) is 11.5 Å². The topological polar surface area (TPSA) is 57.0 Å². The molecule has 5 nitrogen and oxygen atoms in total. The predicted molar refractivity (Wildman–Crippen MR) is 109 cm³/mol. The Kier molecular flexibility index (Phi) is 7.17. The number of hydrogen-bond donors (Lipinski definition) is 0. The molecule has 1 atom stereocenters. The number of carbonyl (C=O) groups excluding carboxylic acids is 1. The Morgan fingerprint density at radius 1 is 1.15 bits per heavy atom. The van der Waals surface area contributed by atoms with Gasteiger partial charge in [-0.15, -0.1) is 5.10 Å². The normalized spacial score (nSPS) is 12.8. The average molecular weight is 372 g/mol. The summed E-state index contributed by atoms with van der Waals surface area (Å²) >= 11 is 0. The van der Waals surface area contributed by atoms with Crippen molar-refractivity contribution in [3.8, 4) is 17.4 Å². The second-order valence-corrected chi connectivity index (χ2v) is 7.98. The highest BCUT2D eigenvalue weighted by Crippen LogP contribution is 2.27. The lowest BCUT2D eigenvalue weighted by Crippen LogP contribution is -2.23. The largest absolute Gasteiger partial charge is 0.463 e. The van der Waals surface area contributed by atoms with Crippen molar-refractivity contribution in [2.45, 2.75) is 72.6 Å². The van der Waals surface area contributed by atoms with Crippen molar-refractivity contribution < 1.29 is 9.53 Å². The molecule has 0 aliphatic heterocycles. The number of unbranched alkanes of at least 4 members (excludes halogenated alkanes) is 1. The molecular formula is C22H33N3O2. The number of carbonyl (C=O) groups is 1. The van der Waals surface area contributed by atoms with Crippen LogP contribution in [0.4, 0.5) is 0 Å². The van der Waals surface area contributed by atoms with Crippen LogP contribution in [0.15, 0.2) is 24.3 Å². The van der Waals surface area contributed by atoms with Gasteiger partial charge in [0.25, 0.3) is 5.91 Å². The summed E-state index contributed by atoms with van der Waals surface area (Å²) < 4.78 is 6.92. The van der Waals surface area contributed by atoms with E-state index >= 15 is 0 Å². The summed E-state index contributed by atoms with van der Waals surface area (Å²) in [5.74, 6) is 0.506. The van der Waals surface area contributed by atoms with Crippen LogP contribution in [0.3, 0.4) is 0 Å². The van der Waals surface area contributed by atoms with E-state index in [1.807, 2.05) is 19.1 Å². The number of ether oxygens (including phenoxy) is 1. The van der Waals surface area contributed by atoms with E-state index < -0.39 is 0 Å². The fourth-order valence-electron chi connectivity index (χ4n) is 3.07. The molecule has 0 saturated carbocycles. The fourth-order valence-corrected chi connectivity index (χ4v) is 3.07. The molecule has 0 fully saturated rings. The summed E-state index contributed by atoms with van der Waals surface area (Å²) in [4.78, 5) is 17.6. The lowest BCUT2D eigenvalue weighted by molar-refractivity contribution is 0.0804. The Bertz CT molecular complexity index is 742. The van der Waals surface area contributed by atoms with Crippen molar-refractivity contribution in [1.29, 1.82) is 0 Å². The second-order valence-electron chi connectivity index (χ2n) is 7.98. The SMILES string of the molecule is CCCCC(CC)C(=O)n1nc(OCC)nc1-c1ccc(C(C)(C)C)cc1. The molecule has 0 aliphatic carbocycles. The number of aromatic nitrogens is 3. The van der Waals surface area contributed by atoms with Crippen molar-refractivity contribution in [2.75, 3.05) is 6.61 Å². The van der Waals surface area contributed by atoms with Gasteiger partial charge in [0.2, 0.25) is 0 Å². The molecule has 1 aromatic carbocycles. The predicted octanol–water partition coefficient (Wildman–Crippen LogP) is 5.50. The molecule has 0 spiro atoms. The van der Waals surface area contributed by atoms with Crippen LogP contribution >= 0.6 is 0 Å². The smallest absolute Gasteiger partial charge is 0.336 e. The third kappa shape index (κ3) is 5.18. The van der Waals surface area contributed by atoms with Gasteiger partial charge in [-0.25, -0.2) is 0 Å². The van der Waals surface area contributed by atoms with Gasteiger partial charge in [-0.2, -0.15) is 9.67 Å². The highest BCUT2D eigenvalue weighted by Gasteiger charge is 2.25. The van der Waals surface area contributed by atoms with Gasteiger partial charge in [0.15, 0.2) is 5.82 Å². The van der Waals surface area contributed by atoms with Crippen LogP contribution < -0.4 is 4.74 Å². The van der Waals surface area contributed by atoms with E-state index in [1.54, 1.807) is 0 Å². The van der Waals surface area contributed by atoms with Crippen molar-refractivity contribution >= 4 is 5.91 Å². The molecule has 1 aromatic heterocycles. The monoisotopic (exact) mass is 371 g/mol. The van der Waals surface area contributed by atoms with Crippen molar-refractivity contribution in [3.63, 3.8) is 0 Å². The number of rotatable bonds is 8.